The van der Waals surface area contributed by atoms with E-state index in [4.69, 9.17) is 0 Å². The van der Waals surface area contributed by atoms with Crippen molar-refractivity contribution in [3.63, 3.8) is 0 Å². The predicted molar refractivity (Wildman–Crippen MR) is 52.8 cm³/mol. The smallest absolute Gasteiger partial charge is 0.289 e. The summed E-state index contributed by atoms with van der Waals surface area (Å²) in [5, 5.41) is 2.01. The van der Waals surface area contributed by atoms with E-state index in [-0.39, 0.29) is 28.8 Å². The van der Waals surface area contributed by atoms with Gasteiger partial charge in [0, 0.05) is 20.0 Å². The molecule has 0 aromatic carbocycles. The quantitative estimate of drug-likeness (QED) is 0.732. The van der Waals surface area contributed by atoms with E-state index >= 15 is 0 Å². The minimum atomic E-state index is -0.292. The molecule has 0 spiro atoms. The van der Waals surface area contributed by atoms with Crippen LogP contribution in [0.5, 0.6) is 0 Å². The minimum absolute atomic E-state index is 0.162. The molecule has 1 aliphatic heterocycles. The zero-order valence-electron chi connectivity index (χ0n) is 8.07. The first-order valence-corrected chi connectivity index (χ1v) is 5.16. The molecule has 1 unspecified atom stereocenters. The molecule has 1 fully saturated rings. The molecule has 1 aliphatic rings. The van der Waals surface area contributed by atoms with Gasteiger partial charge in [0.25, 0.3) is 5.24 Å². The summed E-state index contributed by atoms with van der Waals surface area (Å²) in [4.78, 5) is 34.3. The number of carbonyl (C=O) groups is 3. The molecule has 0 saturated carbocycles. The first-order chi connectivity index (χ1) is 6.52. The second-order valence-corrected chi connectivity index (χ2v) is 4.29. The van der Waals surface area contributed by atoms with Crippen LogP contribution in [-0.2, 0) is 9.59 Å². The lowest BCUT2D eigenvalue weighted by molar-refractivity contribution is -0.127. The summed E-state index contributed by atoms with van der Waals surface area (Å²) in [6, 6.07) is 0. The summed E-state index contributed by atoms with van der Waals surface area (Å²) in [6.07, 6.45) is 0. The fourth-order valence-electron chi connectivity index (χ4n) is 1.12. The van der Waals surface area contributed by atoms with Crippen LogP contribution in [0, 0.1) is 0 Å². The summed E-state index contributed by atoms with van der Waals surface area (Å²) in [5.41, 5.74) is 0. The topological polar surface area (TPSA) is 66.5 Å². The fraction of sp³-hybridized carbons (Fsp3) is 0.625. The third-order valence-corrected chi connectivity index (χ3v) is 2.80. The molecule has 0 aromatic rings. The molecule has 0 aromatic heterocycles. The Bertz CT molecular complexity index is 280. The second kappa shape index (κ2) is 4.45. The number of amides is 3. The lowest BCUT2D eigenvalue weighted by Gasteiger charge is -2.12. The van der Waals surface area contributed by atoms with Crippen LogP contribution < -0.4 is 5.32 Å². The van der Waals surface area contributed by atoms with Crippen molar-refractivity contribution in [2.75, 3.05) is 13.1 Å². The molecule has 6 heteroatoms. The molecular formula is C8H12N2O3S. The van der Waals surface area contributed by atoms with Crippen LogP contribution >= 0.6 is 11.8 Å². The van der Waals surface area contributed by atoms with Gasteiger partial charge in [-0.2, -0.15) is 0 Å². The third kappa shape index (κ3) is 2.47. The normalized spacial score (nSPS) is 21.6. The highest BCUT2D eigenvalue weighted by Crippen LogP contribution is 2.25. The lowest BCUT2D eigenvalue weighted by atomic mass is 10.4. The number of imide groups is 1. The number of carbonyl (C=O) groups excluding carboxylic acids is 3. The standard InChI is InChI=1S/C8H12N2O3S/c1-5-7(12)10(8(13)14-5)4-3-9-6(2)11/h5H,3-4H2,1-2H3,(H,9,11). The molecule has 0 bridgehead atoms. The number of thioether (sulfide) groups is 1. The summed E-state index contributed by atoms with van der Waals surface area (Å²) in [7, 11) is 0. The van der Waals surface area contributed by atoms with Gasteiger partial charge in [-0.15, -0.1) is 0 Å². The van der Waals surface area contributed by atoms with Gasteiger partial charge in [-0.3, -0.25) is 19.3 Å². The first-order valence-electron chi connectivity index (χ1n) is 4.29. The van der Waals surface area contributed by atoms with Gasteiger partial charge in [-0.25, -0.2) is 0 Å². The molecular weight excluding hydrogens is 204 g/mol. The van der Waals surface area contributed by atoms with Crippen LogP contribution in [0.15, 0.2) is 0 Å². The van der Waals surface area contributed by atoms with Crippen LogP contribution in [0.3, 0.4) is 0 Å². The Kier molecular flexibility index (Phi) is 3.51. The van der Waals surface area contributed by atoms with E-state index in [9.17, 15) is 14.4 Å². The van der Waals surface area contributed by atoms with Gasteiger partial charge in [-0.1, -0.05) is 11.8 Å². The monoisotopic (exact) mass is 216 g/mol. The van der Waals surface area contributed by atoms with Gasteiger partial charge in [0.05, 0.1) is 5.25 Å². The van der Waals surface area contributed by atoms with Gasteiger partial charge < -0.3 is 5.32 Å². The van der Waals surface area contributed by atoms with Crippen LogP contribution in [0.25, 0.3) is 0 Å². The molecule has 3 amide bonds. The molecule has 1 rings (SSSR count). The fourth-order valence-corrected chi connectivity index (χ4v) is 1.96. The Labute approximate surface area is 86.2 Å². The average Bonchev–Trinajstić information content (AvgIpc) is 2.31. The van der Waals surface area contributed by atoms with Crippen molar-refractivity contribution in [2.24, 2.45) is 0 Å². The molecule has 14 heavy (non-hydrogen) atoms. The largest absolute Gasteiger partial charge is 0.355 e. The predicted octanol–water partition coefficient (Wildman–Crippen LogP) is 0.206. The number of hydrogen-bond acceptors (Lipinski definition) is 4. The summed E-state index contributed by atoms with van der Waals surface area (Å²) < 4.78 is 0. The molecule has 5 nitrogen and oxygen atoms in total. The maximum atomic E-state index is 11.4. The Morgan fingerprint density at radius 3 is 2.64 bits per heavy atom. The Hall–Kier alpha value is -1.04. The lowest BCUT2D eigenvalue weighted by Crippen LogP contribution is -2.37. The van der Waals surface area contributed by atoms with Crippen molar-refractivity contribution in [3.8, 4) is 0 Å². The summed E-state index contributed by atoms with van der Waals surface area (Å²) >= 11 is 1.02. The number of rotatable bonds is 3. The Morgan fingerprint density at radius 1 is 1.57 bits per heavy atom. The van der Waals surface area contributed by atoms with E-state index in [1.165, 1.54) is 11.8 Å². The first kappa shape index (κ1) is 11.0. The van der Waals surface area contributed by atoms with Crippen LogP contribution in [-0.4, -0.2) is 40.3 Å². The minimum Gasteiger partial charge on any atom is -0.355 e. The van der Waals surface area contributed by atoms with Gasteiger partial charge >= 0.3 is 0 Å². The molecule has 0 aliphatic carbocycles. The van der Waals surface area contributed by atoms with Crippen molar-refractivity contribution in [3.05, 3.63) is 0 Å². The van der Waals surface area contributed by atoms with Crippen molar-refractivity contribution in [1.29, 1.82) is 0 Å². The zero-order valence-corrected chi connectivity index (χ0v) is 8.89. The van der Waals surface area contributed by atoms with Crippen molar-refractivity contribution >= 4 is 28.8 Å². The second-order valence-electron chi connectivity index (χ2n) is 3.00. The van der Waals surface area contributed by atoms with Crippen LogP contribution in [0.1, 0.15) is 13.8 Å². The molecule has 1 heterocycles. The van der Waals surface area contributed by atoms with Gasteiger partial charge in [-0.05, 0) is 6.92 Å². The van der Waals surface area contributed by atoms with Gasteiger partial charge in [0.1, 0.15) is 0 Å². The molecule has 1 atom stereocenters. The number of hydrogen-bond donors (Lipinski definition) is 1. The van der Waals surface area contributed by atoms with Crippen molar-refractivity contribution in [2.45, 2.75) is 19.1 Å². The summed E-state index contributed by atoms with van der Waals surface area (Å²) in [6.45, 7) is 3.67. The van der Waals surface area contributed by atoms with Gasteiger partial charge in [0.15, 0.2) is 0 Å². The van der Waals surface area contributed by atoms with Gasteiger partial charge in [0.2, 0.25) is 11.8 Å². The SMILES string of the molecule is CC(=O)NCCN1C(=O)SC(C)C1=O. The van der Waals surface area contributed by atoms with E-state index in [0.717, 1.165) is 11.8 Å². The highest BCUT2D eigenvalue weighted by Gasteiger charge is 2.35. The van der Waals surface area contributed by atoms with Crippen molar-refractivity contribution < 1.29 is 14.4 Å². The maximum Gasteiger partial charge on any atom is 0.289 e. The number of nitrogens with one attached hydrogen (secondary N) is 1. The maximum absolute atomic E-state index is 11.4. The van der Waals surface area contributed by atoms with Crippen LogP contribution in [0.4, 0.5) is 4.79 Å². The molecule has 78 valence electrons. The van der Waals surface area contributed by atoms with E-state index < -0.39 is 0 Å². The molecule has 0 radical (unpaired) electrons. The van der Waals surface area contributed by atoms with Crippen LogP contribution in [0.2, 0.25) is 0 Å². The van der Waals surface area contributed by atoms with E-state index in [1.807, 2.05) is 0 Å². The highest BCUT2D eigenvalue weighted by molar-refractivity contribution is 8.15. The number of nitrogens with zero attached hydrogens (tertiary/aromatic N) is 1. The Morgan fingerprint density at radius 2 is 2.21 bits per heavy atom. The van der Waals surface area contributed by atoms with E-state index in [2.05, 4.69) is 5.32 Å². The molecule has 1 saturated heterocycles. The van der Waals surface area contributed by atoms with E-state index in [0.29, 0.717) is 6.54 Å². The molecule has 1 N–H and O–H groups in total. The summed E-state index contributed by atoms with van der Waals surface area (Å²) in [5.74, 6) is -0.338. The zero-order chi connectivity index (χ0) is 10.7. The van der Waals surface area contributed by atoms with Crippen molar-refractivity contribution in [1.82, 2.24) is 10.2 Å². The highest BCUT2D eigenvalue weighted by atomic mass is 32.2. The van der Waals surface area contributed by atoms with E-state index in [1.54, 1.807) is 6.92 Å². The average molecular weight is 216 g/mol. The third-order valence-electron chi connectivity index (χ3n) is 1.82. The Balaban J connectivity index is 2.41.